The molecule has 0 radical (unpaired) electrons. The number of nitrogens with zero attached hydrogens (tertiary/aromatic N) is 5. The summed E-state index contributed by atoms with van der Waals surface area (Å²) in [4.78, 5) is 4.15. The monoisotopic (exact) mass is 428 g/mol. The molecule has 1 aliphatic rings. The van der Waals surface area contributed by atoms with Crippen LogP contribution in [0.3, 0.4) is 0 Å². The van der Waals surface area contributed by atoms with Crippen molar-refractivity contribution in [3.05, 3.63) is 55.0 Å². The maximum atomic E-state index is 10.7. The highest BCUT2D eigenvalue weighted by Crippen LogP contribution is 2.37. The number of hydrogen-bond acceptors (Lipinski definition) is 6. The van der Waals surface area contributed by atoms with Gasteiger partial charge in [0.05, 0.1) is 17.9 Å². The fourth-order valence-corrected chi connectivity index (χ4v) is 5.15. The summed E-state index contributed by atoms with van der Waals surface area (Å²) in [5.41, 5.74) is 3.92. The minimum atomic E-state index is 0.0138. The number of aromatic nitrogens is 5. The molecule has 0 unspecified atom stereocenters. The number of pyridine rings is 1. The molecule has 4 heterocycles. The zero-order chi connectivity index (χ0) is 22.5. The Morgan fingerprint density at radius 1 is 0.969 bits per heavy atom. The van der Waals surface area contributed by atoms with Crippen molar-refractivity contribution < 1.29 is 5.11 Å². The lowest BCUT2D eigenvalue weighted by Crippen LogP contribution is -2.58. The van der Waals surface area contributed by atoms with Gasteiger partial charge in [0.25, 0.3) is 0 Å². The fraction of sp³-hybridized carbons (Fsp3) is 0.360. The lowest BCUT2D eigenvalue weighted by atomic mass is 9.79. The first kappa shape index (κ1) is 20.6. The van der Waals surface area contributed by atoms with Gasteiger partial charge in [0.2, 0.25) is 0 Å². The van der Waals surface area contributed by atoms with Gasteiger partial charge in [0.1, 0.15) is 5.75 Å². The highest BCUT2D eigenvalue weighted by atomic mass is 16.3. The number of phenols is 1. The van der Waals surface area contributed by atoms with Gasteiger partial charge in [-0.3, -0.25) is 4.98 Å². The molecule has 4 aromatic rings. The molecule has 1 saturated heterocycles. The highest BCUT2D eigenvalue weighted by Gasteiger charge is 2.39. The molecule has 1 aromatic carbocycles. The van der Waals surface area contributed by atoms with Crippen molar-refractivity contribution in [3.63, 3.8) is 0 Å². The molecule has 0 atom stereocenters. The lowest BCUT2D eigenvalue weighted by molar-refractivity contribution is 0.128. The first-order valence-electron chi connectivity index (χ1n) is 10.9. The van der Waals surface area contributed by atoms with Crippen molar-refractivity contribution in [1.82, 2.24) is 30.3 Å². The maximum Gasteiger partial charge on any atom is 0.180 e. The second-order valence-electron chi connectivity index (χ2n) is 10.0. The van der Waals surface area contributed by atoms with Crippen LogP contribution >= 0.6 is 0 Å². The molecular formula is C25H28N6O. The number of piperidine rings is 1. The SMILES string of the molecule is CC1(C)CC(n2ncc3cc(-c4ccc(-c5cccnc5)cc4O)nnc32)CC(C)(C)N1. The van der Waals surface area contributed by atoms with E-state index in [9.17, 15) is 5.11 Å². The first-order chi connectivity index (χ1) is 15.2. The van der Waals surface area contributed by atoms with E-state index in [1.807, 2.05) is 41.2 Å². The van der Waals surface area contributed by atoms with Crippen LogP contribution < -0.4 is 5.32 Å². The Kier molecular flexibility index (Phi) is 4.74. The Bertz CT molecular complexity index is 1260. The van der Waals surface area contributed by atoms with E-state index < -0.39 is 0 Å². The van der Waals surface area contributed by atoms with E-state index in [1.165, 1.54) is 0 Å². The fourth-order valence-electron chi connectivity index (χ4n) is 5.15. The van der Waals surface area contributed by atoms with Crippen molar-refractivity contribution in [2.24, 2.45) is 0 Å². The number of rotatable bonds is 3. The first-order valence-corrected chi connectivity index (χ1v) is 10.9. The quantitative estimate of drug-likeness (QED) is 0.490. The summed E-state index contributed by atoms with van der Waals surface area (Å²) < 4.78 is 2.02. The smallest absolute Gasteiger partial charge is 0.180 e. The largest absolute Gasteiger partial charge is 0.507 e. The Labute approximate surface area is 187 Å². The average molecular weight is 429 g/mol. The van der Waals surface area contributed by atoms with Crippen LogP contribution in [0.2, 0.25) is 0 Å². The van der Waals surface area contributed by atoms with Gasteiger partial charge in [-0.15, -0.1) is 10.2 Å². The van der Waals surface area contributed by atoms with Crippen molar-refractivity contribution in [2.45, 2.75) is 57.7 Å². The number of benzene rings is 1. The number of aromatic hydroxyl groups is 1. The van der Waals surface area contributed by atoms with Gasteiger partial charge in [0.15, 0.2) is 5.65 Å². The van der Waals surface area contributed by atoms with Gasteiger partial charge in [-0.05, 0) is 70.4 Å². The molecule has 1 fully saturated rings. The molecule has 0 spiro atoms. The molecule has 0 amide bonds. The van der Waals surface area contributed by atoms with Crippen LogP contribution in [-0.2, 0) is 0 Å². The summed E-state index contributed by atoms with van der Waals surface area (Å²) in [6.07, 6.45) is 7.28. The Morgan fingerprint density at radius 2 is 1.75 bits per heavy atom. The van der Waals surface area contributed by atoms with Crippen LogP contribution in [-0.4, -0.2) is 41.1 Å². The normalized spacial score (nSPS) is 18.1. The predicted molar refractivity (Wildman–Crippen MR) is 125 cm³/mol. The molecule has 1 aliphatic heterocycles. The summed E-state index contributed by atoms with van der Waals surface area (Å²) in [6.45, 7) is 8.92. The third-order valence-electron chi connectivity index (χ3n) is 6.12. The molecule has 164 valence electrons. The molecule has 0 aliphatic carbocycles. The van der Waals surface area contributed by atoms with Crippen LogP contribution in [0.25, 0.3) is 33.4 Å². The molecular weight excluding hydrogens is 400 g/mol. The predicted octanol–water partition coefficient (Wildman–Crippen LogP) is 4.74. The van der Waals surface area contributed by atoms with Crippen LogP contribution in [0.15, 0.2) is 55.0 Å². The lowest BCUT2D eigenvalue weighted by Gasteiger charge is -2.46. The van der Waals surface area contributed by atoms with E-state index >= 15 is 0 Å². The van der Waals surface area contributed by atoms with Gasteiger partial charge >= 0.3 is 0 Å². The van der Waals surface area contributed by atoms with Crippen LogP contribution in [0.4, 0.5) is 0 Å². The minimum Gasteiger partial charge on any atom is -0.507 e. The molecule has 7 nitrogen and oxygen atoms in total. The summed E-state index contributed by atoms with van der Waals surface area (Å²) in [5.74, 6) is 0.161. The second kappa shape index (κ2) is 7.38. The second-order valence-corrected chi connectivity index (χ2v) is 10.0. The number of hydrogen-bond donors (Lipinski definition) is 2. The molecule has 5 rings (SSSR count). The number of nitrogens with one attached hydrogen (secondary N) is 1. The van der Waals surface area contributed by atoms with Gasteiger partial charge in [-0.1, -0.05) is 12.1 Å². The van der Waals surface area contributed by atoms with Crippen LogP contribution in [0, 0.1) is 0 Å². The summed E-state index contributed by atoms with van der Waals surface area (Å²) in [7, 11) is 0. The van der Waals surface area contributed by atoms with Crippen molar-refractivity contribution >= 4 is 11.0 Å². The number of phenolic OH excluding ortho intramolecular Hbond substituents is 1. The van der Waals surface area contributed by atoms with Crippen molar-refractivity contribution in [3.8, 4) is 28.1 Å². The Morgan fingerprint density at radius 3 is 2.44 bits per heavy atom. The maximum absolute atomic E-state index is 10.7. The zero-order valence-electron chi connectivity index (χ0n) is 18.9. The van der Waals surface area contributed by atoms with Gasteiger partial charge < -0.3 is 10.4 Å². The van der Waals surface area contributed by atoms with Crippen LogP contribution in [0.5, 0.6) is 5.75 Å². The van der Waals surface area contributed by atoms with Gasteiger partial charge in [0, 0.05) is 40.0 Å². The summed E-state index contributed by atoms with van der Waals surface area (Å²) >= 11 is 0. The van der Waals surface area contributed by atoms with E-state index in [4.69, 9.17) is 0 Å². The van der Waals surface area contributed by atoms with E-state index in [1.54, 1.807) is 18.5 Å². The van der Waals surface area contributed by atoms with Crippen LogP contribution in [0.1, 0.15) is 46.6 Å². The highest BCUT2D eigenvalue weighted by molar-refractivity contribution is 5.81. The Balaban J connectivity index is 1.48. The third kappa shape index (κ3) is 3.84. The van der Waals surface area contributed by atoms with E-state index in [-0.39, 0.29) is 22.9 Å². The molecule has 2 N–H and O–H groups in total. The van der Waals surface area contributed by atoms with E-state index in [2.05, 4.69) is 53.3 Å². The van der Waals surface area contributed by atoms with Crippen molar-refractivity contribution in [2.75, 3.05) is 0 Å². The standard InChI is InChI=1S/C25H28N6O/c1-24(2)12-19(13-25(3,4)30-24)31-23-18(15-27-31)10-21(28-29-23)20-8-7-16(11-22(20)32)17-6-5-9-26-14-17/h5-11,14-15,19,30,32H,12-13H2,1-4H3. The van der Waals surface area contributed by atoms with Crippen molar-refractivity contribution in [1.29, 1.82) is 0 Å². The molecule has 32 heavy (non-hydrogen) atoms. The minimum absolute atomic E-state index is 0.0138. The molecule has 0 bridgehead atoms. The summed E-state index contributed by atoms with van der Waals surface area (Å²) in [5, 5.41) is 29.0. The van der Waals surface area contributed by atoms with E-state index in [0.29, 0.717) is 11.3 Å². The van der Waals surface area contributed by atoms with Gasteiger partial charge in [-0.25, -0.2) is 4.68 Å². The average Bonchev–Trinajstić information content (AvgIpc) is 3.15. The summed E-state index contributed by atoms with van der Waals surface area (Å²) in [6, 6.07) is 11.6. The molecule has 0 saturated carbocycles. The number of fused-ring (bicyclic) bond motifs is 1. The van der Waals surface area contributed by atoms with Gasteiger partial charge in [-0.2, -0.15) is 5.10 Å². The Hall–Kier alpha value is -3.32. The zero-order valence-corrected chi connectivity index (χ0v) is 18.9. The topological polar surface area (TPSA) is 88.8 Å². The van der Waals surface area contributed by atoms with E-state index in [0.717, 1.165) is 35.0 Å². The third-order valence-corrected chi connectivity index (χ3v) is 6.12. The molecule has 7 heteroatoms. The molecule has 3 aromatic heterocycles.